The van der Waals surface area contributed by atoms with E-state index in [1.54, 1.807) is 24.6 Å². The number of nitrogens with zero attached hydrogens (tertiary/aromatic N) is 1. The minimum atomic E-state index is -0.337. The van der Waals surface area contributed by atoms with Crippen LogP contribution in [0.25, 0.3) is 11.0 Å². The Morgan fingerprint density at radius 1 is 1.09 bits per heavy atom. The van der Waals surface area contributed by atoms with Crippen molar-refractivity contribution in [3.05, 3.63) is 66.8 Å². The Bertz CT molecular complexity index is 1050. The van der Waals surface area contributed by atoms with Crippen LogP contribution in [0.2, 0.25) is 0 Å². The molecule has 0 aliphatic rings. The number of hydrogen-bond acceptors (Lipinski definition) is 5. The van der Waals surface area contributed by atoms with Crippen LogP contribution in [0.1, 0.15) is 67.2 Å². The van der Waals surface area contributed by atoms with Crippen molar-refractivity contribution in [2.45, 2.75) is 67.2 Å². The number of carbonyl (C=O) groups is 1. The van der Waals surface area contributed by atoms with E-state index in [4.69, 9.17) is 9.15 Å². The second kappa shape index (κ2) is 13.5. The van der Waals surface area contributed by atoms with Gasteiger partial charge in [0.1, 0.15) is 11.3 Å². The number of ether oxygens (including phenoxy) is 1. The molecule has 1 aromatic carbocycles. The van der Waals surface area contributed by atoms with Crippen molar-refractivity contribution in [3.63, 3.8) is 0 Å². The number of aliphatic hydroxyl groups is 1. The molecular weight excluding hydrogens is 607 g/mol. The number of para-hydroxylation sites is 1. The fraction of sp³-hybridized carbons (Fsp3) is 0.429. The van der Waals surface area contributed by atoms with Crippen LogP contribution >= 0.6 is 0 Å². The molecule has 3 aromatic rings. The van der Waals surface area contributed by atoms with Crippen LogP contribution in [-0.4, -0.2) is 15.9 Å². The SMILES string of the molecule is CCC(C)(CC)C(=O)/C=C(\O)C(C)(CC)CC.[Ir].[c-]1ccccc1Oc1cc2occc2cn1. The summed E-state index contributed by atoms with van der Waals surface area (Å²) in [5.74, 6) is 1.43. The normalized spacial score (nSPS) is 11.9. The van der Waals surface area contributed by atoms with Crippen molar-refractivity contribution in [2.75, 3.05) is 0 Å². The van der Waals surface area contributed by atoms with E-state index in [1.165, 1.54) is 6.08 Å². The van der Waals surface area contributed by atoms with Crippen molar-refractivity contribution in [1.29, 1.82) is 0 Å². The summed E-state index contributed by atoms with van der Waals surface area (Å²) in [5.41, 5.74) is 0.162. The molecule has 2 heterocycles. The summed E-state index contributed by atoms with van der Waals surface area (Å²) in [5, 5.41) is 11.1. The van der Waals surface area contributed by atoms with Gasteiger partial charge in [0.2, 0.25) is 5.88 Å². The van der Waals surface area contributed by atoms with Gasteiger partial charge in [-0.3, -0.25) is 4.79 Å². The van der Waals surface area contributed by atoms with Gasteiger partial charge >= 0.3 is 0 Å². The molecule has 0 unspecified atom stereocenters. The van der Waals surface area contributed by atoms with Crippen molar-refractivity contribution in [3.8, 4) is 11.6 Å². The Morgan fingerprint density at radius 3 is 2.29 bits per heavy atom. The monoisotopic (exact) mass is 643 g/mol. The van der Waals surface area contributed by atoms with E-state index in [0.29, 0.717) is 11.6 Å². The van der Waals surface area contributed by atoms with Crippen molar-refractivity contribution >= 4 is 16.8 Å². The first-order chi connectivity index (χ1) is 15.7. The van der Waals surface area contributed by atoms with E-state index in [0.717, 1.165) is 36.7 Å². The van der Waals surface area contributed by atoms with Crippen LogP contribution < -0.4 is 4.74 Å². The molecule has 2 aromatic heterocycles. The van der Waals surface area contributed by atoms with Gasteiger partial charge < -0.3 is 14.3 Å². The van der Waals surface area contributed by atoms with Gasteiger partial charge in [-0.2, -0.15) is 18.2 Å². The molecule has 1 radical (unpaired) electrons. The minimum Gasteiger partial charge on any atom is -0.512 e. The van der Waals surface area contributed by atoms with Crippen molar-refractivity contribution in [1.82, 2.24) is 4.98 Å². The summed E-state index contributed by atoms with van der Waals surface area (Å²) in [6.07, 6.45) is 8.10. The maximum Gasteiger partial charge on any atom is 0.220 e. The van der Waals surface area contributed by atoms with E-state index < -0.39 is 0 Å². The number of ketones is 1. The van der Waals surface area contributed by atoms with E-state index in [-0.39, 0.29) is 42.5 Å². The van der Waals surface area contributed by atoms with Crippen LogP contribution in [-0.2, 0) is 24.9 Å². The fourth-order valence-electron chi connectivity index (χ4n) is 3.13. The van der Waals surface area contributed by atoms with Gasteiger partial charge in [0.15, 0.2) is 5.78 Å². The molecule has 0 saturated carbocycles. The minimum absolute atomic E-state index is 0. The predicted octanol–water partition coefficient (Wildman–Crippen LogP) is 8.07. The summed E-state index contributed by atoms with van der Waals surface area (Å²) < 4.78 is 10.8. The van der Waals surface area contributed by atoms with Gasteiger partial charge in [0.25, 0.3) is 0 Å². The number of aliphatic hydroxyl groups excluding tert-OH is 1. The molecule has 0 aliphatic carbocycles. The molecule has 0 saturated heterocycles. The van der Waals surface area contributed by atoms with Gasteiger partial charge in [-0.05, 0) is 31.7 Å². The average Bonchev–Trinajstić information content (AvgIpc) is 3.32. The average molecular weight is 643 g/mol. The smallest absolute Gasteiger partial charge is 0.220 e. The van der Waals surface area contributed by atoms with E-state index in [2.05, 4.69) is 11.1 Å². The number of allylic oxidation sites excluding steroid dienone is 2. The summed E-state index contributed by atoms with van der Waals surface area (Å²) in [6.45, 7) is 12.1. The molecule has 0 atom stereocenters. The molecule has 0 fully saturated rings. The van der Waals surface area contributed by atoms with Crippen LogP contribution in [0, 0.1) is 16.9 Å². The maximum absolute atomic E-state index is 12.2. The van der Waals surface area contributed by atoms with Gasteiger partial charge in [-0.25, -0.2) is 4.98 Å². The van der Waals surface area contributed by atoms with E-state index in [9.17, 15) is 9.90 Å². The van der Waals surface area contributed by atoms with E-state index >= 15 is 0 Å². The number of fused-ring (bicyclic) bond motifs is 1. The number of hydrogen-bond donors (Lipinski definition) is 1. The molecule has 0 aliphatic heterocycles. The van der Waals surface area contributed by atoms with Crippen LogP contribution in [0.4, 0.5) is 0 Å². The van der Waals surface area contributed by atoms with Gasteiger partial charge in [0.05, 0.1) is 6.26 Å². The largest absolute Gasteiger partial charge is 0.512 e. The Hall–Kier alpha value is -2.43. The number of carbonyl (C=O) groups excluding carboxylic acids is 1. The Labute approximate surface area is 217 Å². The second-order valence-corrected chi connectivity index (χ2v) is 8.74. The third-order valence-corrected chi connectivity index (χ3v) is 6.81. The third kappa shape index (κ3) is 7.54. The zero-order chi connectivity index (χ0) is 24.5. The second-order valence-electron chi connectivity index (χ2n) is 8.74. The fourth-order valence-corrected chi connectivity index (χ4v) is 3.13. The number of pyridine rings is 1. The Balaban J connectivity index is 0.000000330. The number of benzene rings is 1. The predicted molar refractivity (Wildman–Crippen MR) is 132 cm³/mol. The Kier molecular flexibility index (Phi) is 11.7. The molecule has 0 bridgehead atoms. The molecule has 5 nitrogen and oxygen atoms in total. The zero-order valence-electron chi connectivity index (χ0n) is 21.0. The Morgan fingerprint density at radius 2 is 1.74 bits per heavy atom. The van der Waals surface area contributed by atoms with Crippen LogP contribution in [0.5, 0.6) is 11.6 Å². The summed E-state index contributed by atoms with van der Waals surface area (Å²) in [6, 6.07) is 14.0. The number of aromatic nitrogens is 1. The third-order valence-electron chi connectivity index (χ3n) is 6.81. The topological polar surface area (TPSA) is 72.6 Å². The number of furan rings is 1. The summed E-state index contributed by atoms with van der Waals surface area (Å²) in [7, 11) is 0. The zero-order valence-corrected chi connectivity index (χ0v) is 23.4. The first-order valence-corrected chi connectivity index (χ1v) is 11.6. The molecule has 34 heavy (non-hydrogen) atoms. The van der Waals surface area contributed by atoms with E-state index in [1.807, 2.05) is 65.8 Å². The molecule has 6 heteroatoms. The van der Waals surface area contributed by atoms with Crippen LogP contribution in [0.15, 0.2) is 65.1 Å². The molecule has 1 N–H and O–H groups in total. The summed E-state index contributed by atoms with van der Waals surface area (Å²) in [4.78, 5) is 16.4. The maximum atomic E-state index is 12.2. The van der Waals surface area contributed by atoms with Crippen molar-refractivity contribution < 1.29 is 39.2 Å². The molecule has 187 valence electrons. The van der Waals surface area contributed by atoms with Gasteiger partial charge in [0, 0.05) is 60.4 Å². The van der Waals surface area contributed by atoms with Gasteiger partial charge in [-0.15, -0.1) is 12.1 Å². The van der Waals surface area contributed by atoms with Gasteiger partial charge in [-0.1, -0.05) is 41.5 Å². The molecule has 0 spiro atoms. The van der Waals surface area contributed by atoms with Crippen molar-refractivity contribution in [2.24, 2.45) is 10.8 Å². The quantitative estimate of drug-likeness (QED) is 0.145. The summed E-state index contributed by atoms with van der Waals surface area (Å²) >= 11 is 0. The van der Waals surface area contributed by atoms with Crippen LogP contribution in [0.3, 0.4) is 0 Å². The standard InChI is InChI=1S/C15H28O2.C13H8NO2.Ir/c1-7-14(5,8-2)12(16)11-13(17)15(6,9-3)10-4;1-2-4-11(5-3-1)16-13-8-12-10(9-14-13)6-7-15-12;/h11,16H,7-10H2,1-6H3;1-4,6-9H;/q;-1;/b12-11-;;. The molecule has 3 rings (SSSR count). The molecule has 0 amide bonds. The molecular formula is C28H36IrNO4-. The first kappa shape index (κ1) is 29.6. The first-order valence-electron chi connectivity index (χ1n) is 11.6. The number of rotatable bonds is 9.